The summed E-state index contributed by atoms with van der Waals surface area (Å²) in [4.78, 5) is 0. The Morgan fingerprint density at radius 1 is 0.391 bits per heavy atom. The maximum atomic E-state index is 2.47. The molecule has 0 saturated heterocycles. The molecule has 1 atom stereocenters. The summed E-state index contributed by atoms with van der Waals surface area (Å²) >= 11 is 0. The third-order valence-corrected chi connectivity index (χ3v) is 13.6. The summed E-state index contributed by atoms with van der Waals surface area (Å²) < 4.78 is 0. The smallest absolute Gasteiger partial charge is 0.0437 e. The molecule has 7 rings (SSSR count). The van der Waals surface area contributed by atoms with E-state index in [1.807, 2.05) is 0 Å². The SMILES string of the molecule is CCc1ccc(/C(C)=C(/C(=C(\C)c2ccc(C)cc2)c2ccc(/C(=C(/C)c3ccc(C)cc3)C(C)(/C(=C(/C)C(C)C)c3ccc(C)cc3)c3ccccc3)cc2)c2ccccc2)cc1. The minimum atomic E-state index is -0.534. The van der Waals surface area contributed by atoms with Crippen LogP contribution in [0.25, 0.3) is 39.0 Å². The van der Waals surface area contributed by atoms with Crippen LogP contribution in [0.15, 0.2) is 188 Å². The summed E-state index contributed by atoms with van der Waals surface area (Å²) in [6, 6.07) is 68.2. The summed E-state index contributed by atoms with van der Waals surface area (Å²) in [6.07, 6.45) is 1.01. The van der Waals surface area contributed by atoms with Crippen LogP contribution in [0.5, 0.6) is 0 Å². The van der Waals surface area contributed by atoms with Gasteiger partial charge in [-0.3, -0.25) is 0 Å². The van der Waals surface area contributed by atoms with Crippen molar-refractivity contribution in [1.29, 1.82) is 0 Å². The Kier molecular flexibility index (Phi) is 14.2. The lowest BCUT2D eigenvalue weighted by atomic mass is 9.62. The molecular weight excluding hydrogens is 769 g/mol. The molecule has 0 radical (unpaired) electrons. The van der Waals surface area contributed by atoms with Gasteiger partial charge < -0.3 is 0 Å². The molecule has 0 heteroatoms. The molecule has 0 aliphatic heterocycles. The van der Waals surface area contributed by atoms with Crippen molar-refractivity contribution in [3.05, 3.63) is 254 Å². The second-order valence-corrected chi connectivity index (χ2v) is 18.3. The van der Waals surface area contributed by atoms with E-state index in [9.17, 15) is 0 Å². The highest BCUT2D eigenvalue weighted by Crippen LogP contribution is 2.53. The first-order valence-electron chi connectivity index (χ1n) is 23.2. The fourth-order valence-electron chi connectivity index (χ4n) is 9.52. The van der Waals surface area contributed by atoms with E-state index < -0.39 is 5.41 Å². The summed E-state index contributed by atoms with van der Waals surface area (Å²) in [5.74, 6) is 0.338. The van der Waals surface area contributed by atoms with Crippen molar-refractivity contribution in [2.75, 3.05) is 0 Å². The van der Waals surface area contributed by atoms with E-state index in [1.54, 1.807) is 0 Å². The molecule has 0 heterocycles. The van der Waals surface area contributed by atoms with Gasteiger partial charge in [-0.1, -0.05) is 225 Å². The molecule has 0 N–H and O–H groups in total. The van der Waals surface area contributed by atoms with Crippen LogP contribution in [0.4, 0.5) is 0 Å². The normalized spacial score (nSPS) is 14.2. The predicted octanol–water partition coefficient (Wildman–Crippen LogP) is 17.8. The van der Waals surface area contributed by atoms with Gasteiger partial charge in [0.15, 0.2) is 0 Å². The molecule has 0 aliphatic carbocycles. The number of hydrogen-bond donors (Lipinski definition) is 0. The summed E-state index contributed by atoms with van der Waals surface area (Å²) in [7, 11) is 0. The maximum absolute atomic E-state index is 2.47. The maximum Gasteiger partial charge on any atom is 0.0437 e. The lowest BCUT2D eigenvalue weighted by Gasteiger charge is -2.40. The van der Waals surface area contributed by atoms with Crippen molar-refractivity contribution in [1.82, 2.24) is 0 Å². The Balaban J connectivity index is 1.55. The van der Waals surface area contributed by atoms with Crippen LogP contribution in [0.1, 0.15) is 122 Å². The molecule has 0 aliphatic rings. The molecule has 0 spiro atoms. The first-order valence-corrected chi connectivity index (χ1v) is 23.2. The average Bonchev–Trinajstić information content (AvgIpc) is 3.32. The minimum absolute atomic E-state index is 0.338. The van der Waals surface area contributed by atoms with Crippen molar-refractivity contribution < 1.29 is 0 Å². The molecule has 0 amide bonds. The van der Waals surface area contributed by atoms with Crippen molar-refractivity contribution in [3.63, 3.8) is 0 Å². The Labute approximate surface area is 385 Å². The minimum Gasteiger partial charge on any atom is -0.0657 e. The third kappa shape index (κ3) is 9.53. The first kappa shape index (κ1) is 45.5. The number of aryl methyl sites for hydroxylation is 4. The van der Waals surface area contributed by atoms with Gasteiger partial charge in [0.25, 0.3) is 0 Å². The zero-order chi connectivity index (χ0) is 45.5. The second-order valence-electron chi connectivity index (χ2n) is 18.3. The lowest BCUT2D eigenvalue weighted by Crippen LogP contribution is -2.28. The van der Waals surface area contributed by atoms with E-state index in [0.29, 0.717) is 5.92 Å². The molecule has 0 nitrogen and oxygen atoms in total. The largest absolute Gasteiger partial charge is 0.0657 e. The monoisotopic (exact) mass is 835 g/mol. The lowest BCUT2D eigenvalue weighted by molar-refractivity contribution is 0.732. The molecule has 0 aromatic heterocycles. The van der Waals surface area contributed by atoms with Gasteiger partial charge in [-0.2, -0.15) is 0 Å². The molecule has 1 unspecified atom stereocenters. The topological polar surface area (TPSA) is 0 Å². The molecule has 64 heavy (non-hydrogen) atoms. The van der Waals surface area contributed by atoms with Gasteiger partial charge >= 0.3 is 0 Å². The Morgan fingerprint density at radius 3 is 1.17 bits per heavy atom. The number of allylic oxidation sites excluding steroid dienone is 8. The van der Waals surface area contributed by atoms with Crippen LogP contribution in [0.2, 0.25) is 0 Å². The molecule has 322 valence electrons. The van der Waals surface area contributed by atoms with E-state index in [1.165, 1.54) is 111 Å². The van der Waals surface area contributed by atoms with Gasteiger partial charge in [-0.05, 0) is 157 Å². The van der Waals surface area contributed by atoms with Crippen molar-refractivity contribution >= 4 is 39.0 Å². The second kappa shape index (κ2) is 19.9. The van der Waals surface area contributed by atoms with E-state index in [2.05, 4.69) is 258 Å². The Hall–Kier alpha value is -6.50. The van der Waals surface area contributed by atoms with Crippen molar-refractivity contribution in [3.8, 4) is 0 Å². The van der Waals surface area contributed by atoms with Crippen molar-refractivity contribution in [2.45, 2.75) is 88.0 Å². The number of benzene rings is 7. The summed E-state index contributed by atoms with van der Waals surface area (Å²) in [5.41, 5.74) is 24.7. The molecule has 0 fully saturated rings. The fourth-order valence-corrected chi connectivity index (χ4v) is 9.52. The van der Waals surface area contributed by atoms with Crippen LogP contribution >= 0.6 is 0 Å². The zero-order valence-corrected chi connectivity index (χ0v) is 40.1. The van der Waals surface area contributed by atoms with Crippen LogP contribution in [-0.4, -0.2) is 0 Å². The van der Waals surface area contributed by atoms with Crippen molar-refractivity contribution in [2.24, 2.45) is 5.92 Å². The Morgan fingerprint density at radius 2 is 0.734 bits per heavy atom. The van der Waals surface area contributed by atoms with E-state index >= 15 is 0 Å². The van der Waals surface area contributed by atoms with Gasteiger partial charge in [0.2, 0.25) is 0 Å². The van der Waals surface area contributed by atoms with E-state index in [4.69, 9.17) is 0 Å². The van der Waals surface area contributed by atoms with Crippen LogP contribution in [0.3, 0.4) is 0 Å². The van der Waals surface area contributed by atoms with Gasteiger partial charge in [0.05, 0.1) is 0 Å². The summed E-state index contributed by atoms with van der Waals surface area (Å²) in [5, 5.41) is 0. The molecule has 7 aromatic carbocycles. The highest BCUT2D eigenvalue weighted by molar-refractivity contribution is 6.21. The van der Waals surface area contributed by atoms with Crippen LogP contribution < -0.4 is 0 Å². The van der Waals surface area contributed by atoms with Crippen LogP contribution in [-0.2, 0) is 11.8 Å². The fraction of sp³-hybridized carbons (Fsp3) is 0.219. The van der Waals surface area contributed by atoms with Gasteiger partial charge in [0.1, 0.15) is 0 Å². The molecule has 0 bridgehead atoms. The number of rotatable bonds is 13. The quantitative estimate of drug-likeness (QED) is 0.0802. The highest BCUT2D eigenvalue weighted by Gasteiger charge is 2.39. The first-order chi connectivity index (χ1) is 30.8. The van der Waals surface area contributed by atoms with Gasteiger partial charge in [-0.15, -0.1) is 0 Å². The molecule has 7 aromatic rings. The molecular formula is C64H66. The van der Waals surface area contributed by atoms with Crippen LogP contribution in [0, 0.1) is 26.7 Å². The Bertz CT molecular complexity index is 2800. The summed E-state index contributed by atoms with van der Waals surface area (Å²) in [6.45, 7) is 25.2. The van der Waals surface area contributed by atoms with E-state index in [0.717, 1.165) is 6.42 Å². The average molecular weight is 835 g/mol. The standard InChI is InChI=1S/C64H66/c1-12-51-29-37-53(38-30-51)49(9)60(55-19-15-13-16-20-55)61(48(8)52-31-23-44(4)24-32-52)56-39-41-58(42-40-56)63(50(10)54-33-25-45(5)26-34-54)64(11,59-21-17-14-18-22-59)62(47(7)43(2)3)57-35-27-46(6)28-36-57/h13-43H,12H2,1-11H3/b60-49+,61-48+,62-47-,63-50+. The molecule has 0 saturated carbocycles. The van der Waals surface area contributed by atoms with Gasteiger partial charge in [-0.25, -0.2) is 0 Å². The van der Waals surface area contributed by atoms with E-state index in [-0.39, 0.29) is 0 Å². The predicted molar refractivity (Wildman–Crippen MR) is 281 cm³/mol. The highest BCUT2D eigenvalue weighted by atomic mass is 14.4. The third-order valence-electron chi connectivity index (χ3n) is 13.6. The number of hydrogen-bond acceptors (Lipinski definition) is 0. The zero-order valence-electron chi connectivity index (χ0n) is 40.1. The van der Waals surface area contributed by atoms with Gasteiger partial charge in [0, 0.05) is 5.41 Å².